The molecule has 0 amide bonds. The van der Waals surface area contributed by atoms with Gasteiger partial charge in [-0.15, -0.1) is 0 Å². The van der Waals surface area contributed by atoms with E-state index in [0.717, 1.165) is 34.3 Å². The number of carbonyl (C=O) groups is 1. The van der Waals surface area contributed by atoms with Crippen molar-refractivity contribution < 1.29 is 9.90 Å². The molecule has 4 rings (SSSR count). The Kier molecular flexibility index (Phi) is 2.15. The Bertz CT molecular complexity index is 710. The van der Waals surface area contributed by atoms with Crippen LogP contribution < -0.4 is 0 Å². The van der Waals surface area contributed by atoms with Crippen LogP contribution in [0.15, 0.2) is 22.9 Å². The van der Waals surface area contributed by atoms with E-state index in [4.69, 9.17) is 0 Å². The van der Waals surface area contributed by atoms with Gasteiger partial charge in [-0.2, -0.15) is 5.10 Å². The summed E-state index contributed by atoms with van der Waals surface area (Å²) in [4.78, 5) is 15.4. The van der Waals surface area contributed by atoms with Crippen molar-refractivity contribution in [2.75, 3.05) is 0 Å². The second-order valence-electron chi connectivity index (χ2n) is 5.10. The van der Waals surface area contributed by atoms with Crippen LogP contribution in [0.5, 0.6) is 0 Å². The van der Waals surface area contributed by atoms with Crippen LogP contribution in [0, 0.1) is 5.92 Å². The Hall–Kier alpha value is -1.69. The predicted octanol–water partition coefficient (Wildman–Crippen LogP) is 2.39. The largest absolute Gasteiger partial charge is 0.476 e. The Morgan fingerprint density at radius 2 is 2.32 bits per heavy atom. The molecule has 0 aromatic carbocycles. The first-order chi connectivity index (χ1) is 9.15. The zero-order valence-electron chi connectivity index (χ0n) is 9.88. The highest BCUT2D eigenvalue weighted by atomic mass is 79.9. The fraction of sp³-hybridized carbons (Fsp3) is 0.308. The number of halogens is 1. The van der Waals surface area contributed by atoms with Gasteiger partial charge in [-0.25, -0.2) is 9.48 Å². The van der Waals surface area contributed by atoms with Crippen LogP contribution in [-0.4, -0.2) is 25.8 Å². The minimum atomic E-state index is -0.945. The molecular weight excluding hydrogens is 310 g/mol. The number of pyridine rings is 1. The average Bonchev–Trinajstić information content (AvgIpc) is 2.87. The van der Waals surface area contributed by atoms with E-state index in [-0.39, 0.29) is 5.69 Å². The van der Waals surface area contributed by atoms with Crippen molar-refractivity contribution in [3.05, 3.63) is 39.9 Å². The molecule has 2 aliphatic rings. The molecule has 0 saturated heterocycles. The zero-order valence-corrected chi connectivity index (χ0v) is 11.5. The fourth-order valence-electron chi connectivity index (χ4n) is 3.00. The van der Waals surface area contributed by atoms with Crippen molar-refractivity contribution in [2.24, 2.45) is 5.92 Å². The summed E-state index contributed by atoms with van der Waals surface area (Å²) in [5.41, 5.74) is 2.99. The van der Waals surface area contributed by atoms with Gasteiger partial charge in [0.15, 0.2) is 5.69 Å². The lowest BCUT2D eigenvalue weighted by Gasteiger charge is -2.05. The van der Waals surface area contributed by atoms with Crippen LogP contribution in [0.4, 0.5) is 0 Å². The standard InChI is InChI=1S/C13H10BrN3O2/c14-7-3-8(5-15-4-7)17-12-9-1-6(9)2-10(12)11(16-17)13(18)19/h3-6,9H,1-2H2,(H,18,19)/t6-,9-/m1/s1. The lowest BCUT2D eigenvalue weighted by Crippen LogP contribution is -2.04. The van der Waals surface area contributed by atoms with Crippen molar-refractivity contribution >= 4 is 21.9 Å². The van der Waals surface area contributed by atoms with Gasteiger partial charge in [0.05, 0.1) is 17.6 Å². The predicted molar refractivity (Wildman–Crippen MR) is 70.6 cm³/mol. The molecule has 6 heteroatoms. The Morgan fingerprint density at radius 3 is 3.05 bits per heavy atom. The first kappa shape index (κ1) is 11.2. The molecule has 0 spiro atoms. The summed E-state index contributed by atoms with van der Waals surface area (Å²) in [5.74, 6) is 0.159. The van der Waals surface area contributed by atoms with E-state index in [9.17, 15) is 9.90 Å². The van der Waals surface area contributed by atoms with Crippen molar-refractivity contribution in [2.45, 2.75) is 18.8 Å². The molecule has 2 atom stereocenters. The second-order valence-corrected chi connectivity index (χ2v) is 6.01. The zero-order chi connectivity index (χ0) is 13.1. The summed E-state index contributed by atoms with van der Waals surface area (Å²) >= 11 is 3.38. The minimum absolute atomic E-state index is 0.196. The molecule has 2 aromatic rings. The van der Waals surface area contributed by atoms with Gasteiger partial charge in [-0.05, 0) is 40.8 Å². The van der Waals surface area contributed by atoms with Gasteiger partial charge in [0.25, 0.3) is 0 Å². The molecule has 1 fully saturated rings. The smallest absolute Gasteiger partial charge is 0.356 e. The van der Waals surface area contributed by atoms with Crippen molar-refractivity contribution in [1.29, 1.82) is 0 Å². The Morgan fingerprint density at radius 1 is 1.47 bits per heavy atom. The fourth-order valence-corrected chi connectivity index (χ4v) is 3.35. The van der Waals surface area contributed by atoms with Gasteiger partial charge in [0.2, 0.25) is 0 Å². The minimum Gasteiger partial charge on any atom is -0.476 e. The highest BCUT2D eigenvalue weighted by Gasteiger charge is 2.50. The number of rotatable bonds is 2. The molecule has 0 aliphatic heterocycles. The molecule has 0 bridgehead atoms. The van der Waals surface area contributed by atoms with Crippen molar-refractivity contribution in [3.63, 3.8) is 0 Å². The maximum Gasteiger partial charge on any atom is 0.356 e. The Balaban J connectivity index is 1.94. The topological polar surface area (TPSA) is 68.0 Å². The molecule has 0 unspecified atom stereocenters. The normalized spacial score (nSPS) is 23.0. The quantitative estimate of drug-likeness (QED) is 0.922. The number of aromatic carboxylic acids is 1. The van der Waals surface area contributed by atoms with E-state index in [1.165, 1.54) is 0 Å². The van der Waals surface area contributed by atoms with Gasteiger partial charge >= 0.3 is 5.97 Å². The summed E-state index contributed by atoms with van der Waals surface area (Å²) in [6, 6.07) is 1.90. The first-order valence-corrected chi connectivity index (χ1v) is 6.90. The number of fused-ring (bicyclic) bond motifs is 3. The second kappa shape index (κ2) is 3.66. The van der Waals surface area contributed by atoms with Gasteiger partial charge in [0, 0.05) is 22.2 Å². The van der Waals surface area contributed by atoms with Gasteiger partial charge in [0.1, 0.15) is 0 Å². The van der Waals surface area contributed by atoms with Crippen molar-refractivity contribution in [3.8, 4) is 5.69 Å². The average molecular weight is 320 g/mol. The lowest BCUT2D eigenvalue weighted by molar-refractivity contribution is 0.0688. The summed E-state index contributed by atoms with van der Waals surface area (Å²) < 4.78 is 2.62. The van der Waals surface area contributed by atoms with Gasteiger partial charge in [-0.1, -0.05) is 0 Å². The van der Waals surface area contributed by atoms with Crippen LogP contribution in [0.1, 0.15) is 34.1 Å². The number of hydrogen-bond donors (Lipinski definition) is 1. The van der Waals surface area contributed by atoms with Crippen LogP contribution in [0.25, 0.3) is 5.69 Å². The molecule has 2 heterocycles. The van der Waals surface area contributed by atoms with E-state index >= 15 is 0 Å². The number of carboxylic acids is 1. The molecule has 19 heavy (non-hydrogen) atoms. The van der Waals surface area contributed by atoms with Crippen molar-refractivity contribution in [1.82, 2.24) is 14.8 Å². The van der Waals surface area contributed by atoms with E-state index in [1.807, 2.05) is 6.07 Å². The summed E-state index contributed by atoms with van der Waals surface area (Å²) in [6.07, 6.45) is 5.41. The first-order valence-electron chi connectivity index (χ1n) is 6.11. The molecule has 1 N–H and O–H groups in total. The van der Waals surface area contributed by atoms with Crippen LogP contribution in [0.3, 0.4) is 0 Å². The highest BCUT2D eigenvalue weighted by Crippen LogP contribution is 2.57. The SMILES string of the molecule is O=C(O)c1nn(-c2cncc(Br)c2)c2c1C[C@H]1C[C@@H]21. The summed E-state index contributed by atoms with van der Waals surface area (Å²) in [7, 11) is 0. The third-order valence-electron chi connectivity index (χ3n) is 3.90. The third-order valence-corrected chi connectivity index (χ3v) is 4.33. The lowest BCUT2D eigenvalue weighted by atomic mass is 10.1. The molecule has 2 aliphatic carbocycles. The number of hydrogen-bond acceptors (Lipinski definition) is 3. The van der Waals surface area contributed by atoms with E-state index < -0.39 is 5.97 Å². The van der Waals surface area contributed by atoms with Gasteiger partial charge in [-0.3, -0.25) is 4.98 Å². The number of carboxylic acid groups (broad SMARTS) is 1. The maximum atomic E-state index is 11.3. The third kappa shape index (κ3) is 1.56. The molecule has 2 aromatic heterocycles. The van der Waals surface area contributed by atoms with Gasteiger partial charge < -0.3 is 5.11 Å². The summed E-state index contributed by atoms with van der Waals surface area (Å²) in [5, 5.41) is 13.5. The van der Waals surface area contributed by atoms with E-state index in [2.05, 4.69) is 26.0 Å². The maximum absolute atomic E-state index is 11.3. The molecule has 1 saturated carbocycles. The van der Waals surface area contributed by atoms with Crippen LogP contribution in [-0.2, 0) is 6.42 Å². The molecule has 0 radical (unpaired) electrons. The monoisotopic (exact) mass is 319 g/mol. The molecule has 5 nitrogen and oxygen atoms in total. The number of aromatic nitrogens is 3. The Labute approximate surface area is 117 Å². The van der Waals surface area contributed by atoms with Crippen LogP contribution >= 0.6 is 15.9 Å². The van der Waals surface area contributed by atoms with E-state index in [1.54, 1.807) is 17.1 Å². The molecule has 96 valence electrons. The summed E-state index contributed by atoms with van der Waals surface area (Å²) in [6.45, 7) is 0. The van der Waals surface area contributed by atoms with E-state index in [0.29, 0.717) is 11.8 Å². The van der Waals surface area contributed by atoms with Crippen LogP contribution in [0.2, 0.25) is 0 Å². The molecular formula is C13H10BrN3O2. The highest BCUT2D eigenvalue weighted by molar-refractivity contribution is 9.10. The number of nitrogens with zero attached hydrogens (tertiary/aromatic N) is 3.